The van der Waals surface area contributed by atoms with Crippen LogP contribution in [0.5, 0.6) is 0 Å². The number of hydrogen-bond acceptors (Lipinski definition) is 1. The Bertz CT molecular complexity index is 258. The minimum atomic E-state index is 0.0886. The summed E-state index contributed by atoms with van der Waals surface area (Å²) in [7, 11) is 1.88. The summed E-state index contributed by atoms with van der Waals surface area (Å²) in [5, 5.41) is 4.67. The molecule has 1 aromatic rings. The van der Waals surface area contributed by atoms with E-state index in [0.29, 0.717) is 5.15 Å². The highest BCUT2D eigenvalue weighted by Crippen LogP contribution is 2.27. The Morgan fingerprint density at radius 2 is 2.00 bits per heavy atom. The Labute approximate surface area is 72.2 Å². The number of nitrogens with zero attached hydrogens (tertiary/aromatic N) is 2. The van der Waals surface area contributed by atoms with E-state index in [4.69, 9.17) is 11.6 Å². The first-order valence-electron chi connectivity index (χ1n) is 3.61. The monoisotopic (exact) mass is 172 g/mol. The molecule has 3 heteroatoms. The van der Waals surface area contributed by atoms with Crippen molar-refractivity contribution in [3.05, 3.63) is 16.9 Å². The van der Waals surface area contributed by atoms with Gasteiger partial charge in [0.25, 0.3) is 0 Å². The Kier molecular flexibility index (Phi) is 1.97. The van der Waals surface area contributed by atoms with Gasteiger partial charge in [-0.15, -0.1) is 0 Å². The van der Waals surface area contributed by atoms with Crippen LogP contribution in [0.1, 0.15) is 26.3 Å². The summed E-state index contributed by atoms with van der Waals surface area (Å²) in [6.45, 7) is 6.36. The average Bonchev–Trinajstić information content (AvgIpc) is 2.08. The van der Waals surface area contributed by atoms with Crippen molar-refractivity contribution in [2.75, 3.05) is 0 Å². The van der Waals surface area contributed by atoms with E-state index in [-0.39, 0.29) is 5.41 Å². The first-order chi connectivity index (χ1) is 4.91. The summed E-state index contributed by atoms with van der Waals surface area (Å²) in [5.41, 5.74) is 1.19. The third-order valence-electron chi connectivity index (χ3n) is 1.59. The molecule has 0 saturated heterocycles. The second-order valence-corrected chi connectivity index (χ2v) is 4.12. The highest BCUT2D eigenvalue weighted by molar-refractivity contribution is 6.30. The maximum Gasteiger partial charge on any atom is 0.154 e. The molecule has 1 heterocycles. The van der Waals surface area contributed by atoms with E-state index in [1.165, 1.54) is 0 Å². The van der Waals surface area contributed by atoms with E-state index in [2.05, 4.69) is 25.9 Å². The Hall–Kier alpha value is -0.500. The first kappa shape index (κ1) is 8.60. The molecule has 0 N–H and O–H groups in total. The van der Waals surface area contributed by atoms with Crippen molar-refractivity contribution >= 4 is 11.6 Å². The number of hydrogen-bond donors (Lipinski definition) is 0. The van der Waals surface area contributed by atoms with Crippen molar-refractivity contribution in [2.24, 2.45) is 7.05 Å². The van der Waals surface area contributed by atoms with Gasteiger partial charge in [0.1, 0.15) is 0 Å². The van der Waals surface area contributed by atoms with Gasteiger partial charge in [-0.25, -0.2) is 0 Å². The Morgan fingerprint density at radius 1 is 1.45 bits per heavy atom. The number of aryl methyl sites for hydroxylation is 1. The maximum absolute atomic E-state index is 5.90. The van der Waals surface area contributed by atoms with Gasteiger partial charge in [-0.3, -0.25) is 4.68 Å². The lowest BCUT2D eigenvalue weighted by Crippen LogP contribution is -2.10. The van der Waals surface area contributed by atoms with Crippen LogP contribution in [0.4, 0.5) is 0 Å². The molecule has 11 heavy (non-hydrogen) atoms. The summed E-state index contributed by atoms with van der Waals surface area (Å²) < 4.78 is 1.74. The van der Waals surface area contributed by atoms with Crippen LogP contribution in [0.15, 0.2) is 6.20 Å². The minimum Gasteiger partial charge on any atom is -0.274 e. The molecule has 0 aromatic carbocycles. The lowest BCUT2D eigenvalue weighted by molar-refractivity contribution is 0.589. The molecule has 0 spiro atoms. The van der Waals surface area contributed by atoms with Crippen LogP contribution < -0.4 is 0 Å². The SMILES string of the molecule is Cn1cc(C(C)(C)C)c(Cl)n1. The molecule has 0 radical (unpaired) electrons. The molecule has 0 atom stereocenters. The van der Waals surface area contributed by atoms with Crippen LogP contribution >= 0.6 is 11.6 Å². The number of aromatic nitrogens is 2. The van der Waals surface area contributed by atoms with E-state index < -0.39 is 0 Å². The molecule has 1 aromatic heterocycles. The molecule has 0 fully saturated rings. The van der Waals surface area contributed by atoms with Crippen LogP contribution in [0, 0.1) is 0 Å². The smallest absolute Gasteiger partial charge is 0.154 e. The van der Waals surface area contributed by atoms with Gasteiger partial charge in [0.2, 0.25) is 0 Å². The zero-order valence-electron chi connectivity index (χ0n) is 7.35. The van der Waals surface area contributed by atoms with Gasteiger partial charge in [0.05, 0.1) is 0 Å². The van der Waals surface area contributed by atoms with Gasteiger partial charge in [0.15, 0.2) is 5.15 Å². The normalized spacial score (nSPS) is 12.1. The van der Waals surface area contributed by atoms with Crippen molar-refractivity contribution in [3.8, 4) is 0 Å². The summed E-state index contributed by atoms with van der Waals surface area (Å²) in [6, 6.07) is 0. The average molecular weight is 173 g/mol. The fourth-order valence-corrected chi connectivity index (χ4v) is 1.42. The lowest BCUT2D eigenvalue weighted by Gasteiger charge is -2.15. The van der Waals surface area contributed by atoms with Crippen molar-refractivity contribution in [3.63, 3.8) is 0 Å². The number of halogens is 1. The van der Waals surface area contributed by atoms with E-state index in [1.807, 2.05) is 13.2 Å². The summed E-state index contributed by atoms with van der Waals surface area (Å²) in [5.74, 6) is 0. The minimum absolute atomic E-state index is 0.0886. The largest absolute Gasteiger partial charge is 0.274 e. The summed E-state index contributed by atoms with van der Waals surface area (Å²) >= 11 is 5.90. The second kappa shape index (κ2) is 2.52. The highest BCUT2D eigenvalue weighted by Gasteiger charge is 2.19. The van der Waals surface area contributed by atoms with Crippen molar-refractivity contribution < 1.29 is 0 Å². The molecule has 1 rings (SSSR count). The quantitative estimate of drug-likeness (QED) is 0.588. The van der Waals surface area contributed by atoms with E-state index >= 15 is 0 Å². The summed E-state index contributed by atoms with van der Waals surface area (Å²) in [6.07, 6.45) is 1.96. The zero-order chi connectivity index (χ0) is 8.65. The molecule has 0 saturated carbocycles. The Balaban J connectivity index is 3.13. The van der Waals surface area contributed by atoms with Gasteiger partial charge in [-0.1, -0.05) is 32.4 Å². The number of rotatable bonds is 0. The fraction of sp³-hybridized carbons (Fsp3) is 0.625. The molecule has 0 aliphatic carbocycles. The van der Waals surface area contributed by atoms with Gasteiger partial charge >= 0.3 is 0 Å². The fourth-order valence-electron chi connectivity index (χ4n) is 0.964. The standard InChI is InChI=1S/C8H13ClN2/c1-8(2,3)6-5-11(4)10-7(6)9/h5H,1-4H3. The third kappa shape index (κ3) is 1.74. The van der Waals surface area contributed by atoms with E-state index in [9.17, 15) is 0 Å². The van der Waals surface area contributed by atoms with Crippen molar-refractivity contribution in [1.29, 1.82) is 0 Å². The molecule has 0 unspecified atom stereocenters. The second-order valence-electron chi connectivity index (χ2n) is 3.76. The lowest BCUT2D eigenvalue weighted by atomic mass is 9.90. The maximum atomic E-state index is 5.90. The first-order valence-corrected chi connectivity index (χ1v) is 3.98. The van der Waals surface area contributed by atoms with E-state index in [1.54, 1.807) is 4.68 Å². The van der Waals surface area contributed by atoms with Gasteiger partial charge in [-0.2, -0.15) is 5.10 Å². The predicted molar refractivity (Wildman–Crippen MR) is 46.9 cm³/mol. The van der Waals surface area contributed by atoms with Crippen LogP contribution in [0.25, 0.3) is 0 Å². The summed E-state index contributed by atoms with van der Waals surface area (Å²) in [4.78, 5) is 0. The van der Waals surface area contributed by atoms with Crippen LogP contribution in [-0.4, -0.2) is 9.78 Å². The van der Waals surface area contributed by atoms with Gasteiger partial charge < -0.3 is 0 Å². The molecule has 0 bridgehead atoms. The van der Waals surface area contributed by atoms with Gasteiger partial charge in [-0.05, 0) is 5.41 Å². The topological polar surface area (TPSA) is 17.8 Å². The van der Waals surface area contributed by atoms with Crippen molar-refractivity contribution in [1.82, 2.24) is 9.78 Å². The molecule has 2 nitrogen and oxygen atoms in total. The van der Waals surface area contributed by atoms with Gasteiger partial charge in [0, 0.05) is 18.8 Å². The zero-order valence-corrected chi connectivity index (χ0v) is 8.11. The molecular formula is C8H13ClN2. The molecule has 62 valence electrons. The van der Waals surface area contributed by atoms with Crippen LogP contribution in [0.2, 0.25) is 5.15 Å². The van der Waals surface area contributed by atoms with Crippen molar-refractivity contribution in [2.45, 2.75) is 26.2 Å². The van der Waals surface area contributed by atoms with Crippen LogP contribution in [-0.2, 0) is 12.5 Å². The molecule has 0 aliphatic heterocycles. The van der Waals surface area contributed by atoms with E-state index in [0.717, 1.165) is 5.56 Å². The third-order valence-corrected chi connectivity index (χ3v) is 1.87. The molecule has 0 aliphatic rings. The Morgan fingerprint density at radius 3 is 2.18 bits per heavy atom. The highest BCUT2D eigenvalue weighted by atomic mass is 35.5. The molecular weight excluding hydrogens is 160 g/mol. The predicted octanol–water partition coefficient (Wildman–Crippen LogP) is 2.37. The van der Waals surface area contributed by atoms with Crippen LogP contribution in [0.3, 0.4) is 0 Å². The molecule has 0 amide bonds.